The van der Waals surface area contributed by atoms with E-state index in [0.717, 1.165) is 0 Å². The van der Waals surface area contributed by atoms with E-state index in [1.807, 2.05) is 0 Å². The third kappa shape index (κ3) is 5.04. The van der Waals surface area contributed by atoms with Crippen molar-refractivity contribution in [2.24, 2.45) is 0 Å². The molecular weight excluding hydrogens is 442 g/mol. The molecule has 1 aromatic carbocycles. The summed E-state index contributed by atoms with van der Waals surface area (Å²) < 4.78 is 32.2. The zero-order chi connectivity index (χ0) is 20.1. The van der Waals surface area contributed by atoms with Gasteiger partial charge in [-0.2, -0.15) is 8.42 Å². The van der Waals surface area contributed by atoms with Crippen molar-refractivity contribution in [3.8, 4) is 0 Å². The van der Waals surface area contributed by atoms with Crippen molar-refractivity contribution >= 4 is 98.8 Å². The number of thioether (sulfide) groups is 1. The summed E-state index contributed by atoms with van der Waals surface area (Å²) in [5.41, 5.74) is 0.0592. The summed E-state index contributed by atoms with van der Waals surface area (Å²) in [6.07, 6.45) is 0. The van der Waals surface area contributed by atoms with Crippen LogP contribution in [0.5, 0.6) is 0 Å². The standard InChI is InChI=1S/C16H18N2O7S2.2Na.2H/c1-16(2)11(15(21)22)18-13(20)9(14(18)26-16)17-12(19)10(27(23,24)25)8-6-4-3-5-7-8;;;;/h3-7,9-11,14H,1-2H3,(H,17,19)(H,21,22)(H,23,24,25);;;;/t9-,10-,11+,14-;;;;/m1..../s1. The number of nitrogens with zero attached hydrogens (tertiary/aromatic N) is 1. The molecule has 2 amide bonds. The predicted octanol–water partition coefficient (Wildman–Crippen LogP) is -1.05. The van der Waals surface area contributed by atoms with E-state index in [4.69, 9.17) is 0 Å². The molecule has 0 bridgehead atoms. The Morgan fingerprint density at radius 1 is 1.21 bits per heavy atom. The van der Waals surface area contributed by atoms with Crippen LogP contribution in [0.15, 0.2) is 30.3 Å². The van der Waals surface area contributed by atoms with Crippen molar-refractivity contribution in [3.05, 3.63) is 35.9 Å². The number of carbonyl (C=O) groups excluding carboxylic acids is 2. The van der Waals surface area contributed by atoms with Crippen molar-refractivity contribution in [1.29, 1.82) is 0 Å². The summed E-state index contributed by atoms with van der Waals surface area (Å²) in [6, 6.07) is 5.31. The molecule has 150 valence electrons. The molecule has 2 saturated heterocycles. The van der Waals surface area contributed by atoms with Crippen LogP contribution < -0.4 is 5.32 Å². The summed E-state index contributed by atoms with van der Waals surface area (Å²) in [7, 11) is -4.77. The fraction of sp³-hybridized carbons (Fsp3) is 0.438. The molecule has 0 saturated carbocycles. The number of β-lactam (4-membered cyclic amide) rings is 1. The summed E-state index contributed by atoms with van der Waals surface area (Å²) in [6.45, 7) is 3.37. The number of rotatable bonds is 5. The SMILES string of the molecule is CC1(C)S[C@@H]2[C@H](NC(=O)[C@@H](c3ccccc3)S(=O)(=O)O)C(=O)N2[C@H]1C(=O)O.[NaH].[NaH]. The topological polar surface area (TPSA) is 141 Å². The summed E-state index contributed by atoms with van der Waals surface area (Å²) in [5, 5.41) is 9.26. The van der Waals surface area contributed by atoms with Crippen LogP contribution in [0, 0.1) is 0 Å². The van der Waals surface area contributed by atoms with E-state index in [9.17, 15) is 32.5 Å². The van der Waals surface area contributed by atoms with Gasteiger partial charge in [-0.1, -0.05) is 30.3 Å². The molecule has 2 fully saturated rings. The maximum atomic E-state index is 12.6. The molecule has 13 heteroatoms. The first-order valence-electron chi connectivity index (χ1n) is 7.99. The second-order valence-electron chi connectivity index (χ2n) is 6.89. The first-order valence-corrected chi connectivity index (χ1v) is 10.4. The normalized spacial score (nSPS) is 25.6. The van der Waals surface area contributed by atoms with Gasteiger partial charge in [-0.15, -0.1) is 11.8 Å². The number of fused-ring (bicyclic) bond motifs is 1. The molecule has 0 spiro atoms. The molecular formula is C16H20N2Na2O7S2. The quantitative estimate of drug-likeness (QED) is 0.286. The monoisotopic (exact) mass is 462 g/mol. The van der Waals surface area contributed by atoms with Gasteiger partial charge in [-0.3, -0.25) is 14.1 Å². The van der Waals surface area contributed by atoms with E-state index in [1.54, 1.807) is 19.9 Å². The van der Waals surface area contributed by atoms with Gasteiger partial charge in [0, 0.05) is 4.75 Å². The van der Waals surface area contributed by atoms with E-state index >= 15 is 0 Å². The van der Waals surface area contributed by atoms with Gasteiger partial charge in [0.05, 0.1) is 0 Å². The number of amides is 2. The Labute approximate surface area is 216 Å². The second-order valence-corrected chi connectivity index (χ2v) is 10.2. The molecule has 4 atom stereocenters. The van der Waals surface area contributed by atoms with E-state index in [2.05, 4.69) is 5.32 Å². The number of carboxylic acid groups (broad SMARTS) is 1. The average molecular weight is 462 g/mol. The van der Waals surface area contributed by atoms with E-state index in [-0.39, 0.29) is 64.7 Å². The Bertz CT molecular complexity index is 911. The summed E-state index contributed by atoms with van der Waals surface area (Å²) >= 11 is 1.22. The van der Waals surface area contributed by atoms with Gasteiger partial charge in [0.2, 0.25) is 11.8 Å². The number of hydrogen-bond acceptors (Lipinski definition) is 6. The van der Waals surface area contributed by atoms with Gasteiger partial charge in [-0.05, 0) is 19.4 Å². The number of nitrogens with one attached hydrogen (secondary N) is 1. The van der Waals surface area contributed by atoms with Gasteiger partial charge in [-0.25, -0.2) is 4.79 Å². The first-order chi connectivity index (χ1) is 12.4. The number of aliphatic carboxylic acids is 1. The Morgan fingerprint density at radius 2 is 1.76 bits per heavy atom. The fourth-order valence-corrected chi connectivity index (χ4v) is 5.93. The minimum absolute atomic E-state index is 0. The first kappa shape index (κ1) is 26.9. The molecule has 0 unspecified atom stereocenters. The Kier molecular flexibility index (Phi) is 8.89. The van der Waals surface area contributed by atoms with Gasteiger partial charge in [0.1, 0.15) is 17.5 Å². The zero-order valence-corrected chi connectivity index (χ0v) is 16.0. The van der Waals surface area contributed by atoms with E-state index in [1.165, 1.54) is 40.9 Å². The van der Waals surface area contributed by atoms with Crippen molar-refractivity contribution < 1.29 is 32.5 Å². The van der Waals surface area contributed by atoms with Crippen LogP contribution in [0.1, 0.15) is 24.7 Å². The van der Waals surface area contributed by atoms with Crippen LogP contribution in [0.4, 0.5) is 0 Å². The van der Waals surface area contributed by atoms with Crippen molar-refractivity contribution in [1.82, 2.24) is 10.2 Å². The van der Waals surface area contributed by atoms with Gasteiger partial charge in [0.25, 0.3) is 10.1 Å². The molecule has 29 heavy (non-hydrogen) atoms. The van der Waals surface area contributed by atoms with Crippen LogP contribution >= 0.6 is 11.8 Å². The van der Waals surface area contributed by atoms with Crippen LogP contribution in [0.2, 0.25) is 0 Å². The summed E-state index contributed by atoms with van der Waals surface area (Å²) in [5.74, 6) is -2.78. The molecule has 0 aromatic heterocycles. The average Bonchev–Trinajstić information content (AvgIpc) is 2.81. The van der Waals surface area contributed by atoms with Gasteiger partial charge in [0.15, 0.2) is 5.25 Å². The van der Waals surface area contributed by atoms with Crippen LogP contribution in [0.3, 0.4) is 0 Å². The van der Waals surface area contributed by atoms with Crippen LogP contribution in [-0.2, 0) is 24.5 Å². The fourth-order valence-electron chi connectivity index (χ4n) is 3.46. The Morgan fingerprint density at radius 3 is 2.24 bits per heavy atom. The number of carbonyl (C=O) groups is 3. The molecule has 9 nitrogen and oxygen atoms in total. The molecule has 0 aliphatic carbocycles. The van der Waals surface area contributed by atoms with Crippen LogP contribution in [0.25, 0.3) is 0 Å². The number of benzene rings is 1. The second kappa shape index (κ2) is 9.58. The molecule has 3 N–H and O–H groups in total. The minimum atomic E-state index is -4.77. The van der Waals surface area contributed by atoms with Crippen molar-refractivity contribution in [2.45, 2.75) is 41.3 Å². The Hall–Kier alpha value is -0.110. The predicted molar refractivity (Wildman–Crippen MR) is 111 cm³/mol. The molecule has 3 rings (SSSR count). The number of carboxylic acids is 1. The summed E-state index contributed by atoms with van der Waals surface area (Å²) in [4.78, 5) is 37.7. The van der Waals surface area contributed by atoms with Gasteiger partial charge >= 0.3 is 65.1 Å². The van der Waals surface area contributed by atoms with E-state index in [0.29, 0.717) is 0 Å². The van der Waals surface area contributed by atoms with Gasteiger partial charge < -0.3 is 15.3 Å². The van der Waals surface area contributed by atoms with Crippen molar-refractivity contribution in [3.63, 3.8) is 0 Å². The van der Waals surface area contributed by atoms with Crippen LogP contribution in [-0.4, -0.2) is 122 Å². The molecule has 2 aliphatic rings. The van der Waals surface area contributed by atoms with E-state index < -0.39 is 55.4 Å². The molecule has 2 heterocycles. The zero-order valence-electron chi connectivity index (χ0n) is 14.4. The molecule has 0 radical (unpaired) electrons. The Balaban J connectivity index is 0.00000210. The number of hydrogen-bond donors (Lipinski definition) is 3. The molecule has 2 aliphatic heterocycles. The molecule has 1 aromatic rings. The third-order valence-corrected chi connectivity index (χ3v) is 7.26. The third-order valence-electron chi connectivity index (χ3n) is 4.61. The van der Waals surface area contributed by atoms with Crippen molar-refractivity contribution in [2.75, 3.05) is 0 Å². The maximum absolute atomic E-state index is 12.6.